The summed E-state index contributed by atoms with van der Waals surface area (Å²) in [5.41, 5.74) is 3.03. The number of hydrogen-bond donors (Lipinski definition) is 1. The molecule has 0 radical (unpaired) electrons. The van der Waals surface area contributed by atoms with Crippen molar-refractivity contribution in [3.05, 3.63) is 121 Å². The third-order valence-corrected chi connectivity index (χ3v) is 7.10. The first-order chi connectivity index (χ1) is 18.0. The number of para-hydroxylation sites is 1. The van der Waals surface area contributed by atoms with Crippen LogP contribution in [-0.4, -0.2) is 24.7 Å². The second-order valence-electron chi connectivity index (χ2n) is 8.45. The van der Waals surface area contributed by atoms with E-state index < -0.39 is 6.04 Å². The molecule has 0 saturated heterocycles. The molecule has 5 rings (SSSR count). The van der Waals surface area contributed by atoms with E-state index in [1.165, 1.54) is 11.3 Å². The van der Waals surface area contributed by atoms with Crippen molar-refractivity contribution in [1.29, 1.82) is 0 Å². The highest BCUT2D eigenvalue weighted by atomic mass is 32.1. The van der Waals surface area contributed by atoms with Crippen LogP contribution in [0.2, 0.25) is 0 Å². The first-order valence-corrected chi connectivity index (χ1v) is 12.5. The maximum absolute atomic E-state index is 13.8. The Kier molecular flexibility index (Phi) is 6.74. The molecule has 3 aromatic carbocycles. The number of nitrogens with one attached hydrogen (secondary N) is 1. The van der Waals surface area contributed by atoms with E-state index in [1.54, 1.807) is 25.7 Å². The number of nitrogens with zero attached hydrogens (tertiary/aromatic N) is 2. The number of allylic oxidation sites excluding steroid dienone is 1. The molecule has 1 aliphatic heterocycles. The van der Waals surface area contributed by atoms with Crippen molar-refractivity contribution in [2.24, 2.45) is 4.99 Å². The number of carbonyl (C=O) groups excluding carboxylic acids is 1. The lowest BCUT2D eigenvalue weighted by molar-refractivity contribution is -0.113. The highest BCUT2D eigenvalue weighted by Crippen LogP contribution is 2.31. The Morgan fingerprint density at radius 1 is 0.973 bits per heavy atom. The molecule has 8 heteroatoms. The number of amides is 1. The van der Waals surface area contributed by atoms with E-state index in [0.717, 1.165) is 11.1 Å². The molecule has 1 aliphatic rings. The quantitative estimate of drug-likeness (QED) is 0.426. The average molecular weight is 512 g/mol. The molecule has 4 aromatic rings. The van der Waals surface area contributed by atoms with Gasteiger partial charge >= 0.3 is 0 Å². The van der Waals surface area contributed by atoms with Crippen LogP contribution in [0.15, 0.2) is 99.9 Å². The summed E-state index contributed by atoms with van der Waals surface area (Å²) in [6.45, 7) is 1.80. The van der Waals surface area contributed by atoms with Crippen molar-refractivity contribution in [3.8, 4) is 11.5 Å². The Labute approximate surface area is 217 Å². The van der Waals surface area contributed by atoms with Gasteiger partial charge in [-0.05, 0) is 60.5 Å². The molecule has 1 amide bonds. The van der Waals surface area contributed by atoms with Crippen LogP contribution in [0.4, 0.5) is 5.69 Å². The molecule has 0 bridgehead atoms. The first-order valence-electron chi connectivity index (χ1n) is 11.7. The van der Waals surface area contributed by atoms with Crippen LogP contribution >= 0.6 is 11.3 Å². The first kappa shape index (κ1) is 24.3. The van der Waals surface area contributed by atoms with Crippen LogP contribution in [0, 0.1) is 0 Å². The van der Waals surface area contributed by atoms with Gasteiger partial charge < -0.3 is 14.8 Å². The van der Waals surface area contributed by atoms with Gasteiger partial charge in [-0.2, -0.15) is 0 Å². The van der Waals surface area contributed by atoms with E-state index in [0.29, 0.717) is 37.8 Å². The number of carbonyl (C=O) groups is 1. The fraction of sp³-hybridized carbons (Fsp3) is 0.138. The van der Waals surface area contributed by atoms with Crippen LogP contribution < -0.4 is 29.7 Å². The van der Waals surface area contributed by atoms with Crippen LogP contribution in [0.1, 0.15) is 24.1 Å². The molecule has 0 fully saturated rings. The minimum absolute atomic E-state index is 0.218. The Bertz CT molecular complexity index is 1670. The number of fused-ring (bicyclic) bond motifs is 1. The second kappa shape index (κ2) is 10.3. The van der Waals surface area contributed by atoms with Crippen molar-refractivity contribution in [2.45, 2.75) is 13.0 Å². The summed E-state index contributed by atoms with van der Waals surface area (Å²) in [5.74, 6) is 1.08. The largest absolute Gasteiger partial charge is 0.497 e. The van der Waals surface area contributed by atoms with E-state index in [9.17, 15) is 9.59 Å². The summed E-state index contributed by atoms with van der Waals surface area (Å²) in [6.07, 6.45) is 1.82. The van der Waals surface area contributed by atoms with Crippen molar-refractivity contribution in [1.82, 2.24) is 4.57 Å². The molecule has 37 heavy (non-hydrogen) atoms. The van der Waals surface area contributed by atoms with E-state index >= 15 is 0 Å². The van der Waals surface area contributed by atoms with Crippen molar-refractivity contribution in [3.63, 3.8) is 0 Å². The number of ether oxygens (including phenoxy) is 2. The number of methoxy groups -OCH3 is 2. The molecule has 1 atom stereocenters. The molecule has 2 heterocycles. The third kappa shape index (κ3) is 4.83. The van der Waals surface area contributed by atoms with Crippen LogP contribution in [0.5, 0.6) is 11.5 Å². The Balaban J connectivity index is 1.67. The van der Waals surface area contributed by atoms with Crippen LogP contribution in [0.25, 0.3) is 6.08 Å². The molecular formula is C29H25N3O4S. The summed E-state index contributed by atoms with van der Waals surface area (Å²) < 4.78 is 12.8. The highest BCUT2D eigenvalue weighted by molar-refractivity contribution is 7.07. The molecule has 0 saturated carbocycles. The third-order valence-electron chi connectivity index (χ3n) is 6.12. The smallest absolute Gasteiger partial charge is 0.271 e. The summed E-state index contributed by atoms with van der Waals surface area (Å²) >= 11 is 1.29. The molecule has 1 aromatic heterocycles. The van der Waals surface area contributed by atoms with Crippen molar-refractivity contribution < 1.29 is 14.3 Å². The standard InChI is InChI=1S/C29H25N3O4S/c1-18-25(27(33)31-21-9-5-4-6-10-21)26(20-12-14-22(35-2)15-13-20)32-28(34)24(37-29(32)30-18)17-19-8-7-11-23(16-19)36-3/h4-17,26H,1-3H3,(H,31,33)/b24-17-/t26-/m0/s1. The maximum atomic E-state index is 13.8. The van der Waals surface area contributed by atoms with Gasteiger partial charge in [-0.1, -0.05) is 53.8 Å². The monoisotopic (exact) mass is 511 g/mol. The van der Waals surface area contributed by atoms with Gasteiger partial charge in [0.25, 0.3) is 11.5 Å². The Morgan fingerprint density at radius 3 is 2.41 bits per heavy atom. The zero-order chi connectivity index (χ0) is 25.9. The molecule has 0 aliphatic carbocycles. The van der Waals surface area contributed by atoms with Gasteiger partial charge in [0.05, 0.1) is 36.1 Å². The maximum Gasteiger partial charge on any atom is 0.271 e. The average Bonchev–Trinajstić information content (AvgIpc) is 3.22. The lowest BCUT2D eigenvalue weighted by atomic mass is 9.95. The highest BCUT2D eigenvalue weighted by Gasteiger charge is 2.32. The minimum Gasteiger partial charge on any atom is -0.497 e. The van der Waals surface area contributed by atoms with Gasteiger partial charge in [-0.25, -0.2) is 4.99 Å². The SMILES string of the molecule is COc1ccc([C@H]2C(C(=O)Nc3ccccc3)=C(C)N=c3s/c(=C\c4cccc(OC)c4)c(=O)n32)cc1. The molecule has 186 valence electrons. The number of aromatic nitrogens is 1. The second-order valence-corrected chi connectivity index (χ2v) is 9.46. The summed E-state index contributed by atoms with van der Waals surface area (Å²) in [5, 5.41) is 2.96. The van der Waals surface area contributed by atoms with Gasteiger partial charge in [-0.15, -0.1) is 0 Å². The number of benzene rings is 3. The van der Waals surface area contributed by atoms with Gasteiger partial charge in [-0.3, -0.25) is 14.2 Å². The van der Waals surface area contributed by atoms with Gasteiger partial charge in [0.15, 0.2) is 4.80 Å². The summed E-state index contributed by atoms with van der Waals surface area (Å²) in [6, 6.07) is 23.5. The molecule has 7 nitrogen and oxygen atoms in total. The predicted molar refractivity (Wildman–Crippen MR) is 145 cm³/mol. The lowest BCUT2D eigenvalue weighted by Gasteiger charge is -2.25. The summed E-state index contributed by atoms with van der Waals surface area (Å²) in [7, 11) is 3.20. The summed E-state index contributed by atoms with van der Waals surface area (Å²) in [4.78, 5) is 32.6. The normalized spacial score (nSPS) is 15.1. The Hall–Kier alpha value is -4.43. The lowest BCUT2D eigenvalue weighted by Crippen LogP contribution is -2.40. The predicted octanol–water partition coefficient (Wildman–Crippen LogP) is 3.89. The molecular weight excluding hydrogens is 486 g/mol. The zero-order valence-corrected chi connectivity index (χ0v) is 21.4. The van der Waals surface area contributed by atoms with E-state index in [4.69, 9.17) is 9.47 Å². The van der Waals surface area contributed by atoms with E-state index in [-0.39, 0.29) is 11.5 Å². The van der Waals surface area contributed by atoms with Gasteiger partial charge in [0.1, 0.15) is 11.5 Å². The molecule has 1 N–H and O–H groups in total. The topological polar surface area (TPSA) is 81.9 Å². The number of thiazole rings is 1. The fourth-order valence-electron chi connectivity index (χ4n) is 4.32. The van der Waals surface area contributed by atoms with Crippen LogP contribution in [-0.2, 0) is 4.79 Å². The van der Waals surface area contributed by atoms with E-state index in [1.807, 2.05) is 84.9 Å². The van der Waals surface area contributed by atoms with Gasteiger partial charge in [0.2, 0.25) is 0 Å². The van der Waals surface area contributed by atoms with Gasteiger partial charge in [0, 0.05) is 5.69 Å². The molecule has 0 unspecified atom stereocenters. The Morgan fingerprint density at radius 2 is 1.70 bits per heavy atom. The number of rotatable bonds is 6. The minimum atomic E-state index is -0.654. The van der Waals surface area contributed by atoms with E-state index in [2.05, 4.69) is 10.3 Å². The number of hydrogen-bond acceptors (Lipinski definition) is 6. The van der Waals surface area contributed by atoms with Crippen molar-refractivity contribution >= 4 is 29.0 Å². The van der Waals surface area contributed by atoms with Crippen LogP contribution in [0.3, 0.4) is 0 Å². The fourth-order valence-corrected chi connectivity index (χ4v) is 5.36. The van der Waals surface area contributed by atoms with Crippen molar-refractivity contribution in [2.75, 3.05) is 19.5 Å². The zero-order valence-electron chi connectivity index (χ0n) is 20.6. The number of anilines is 1. The molecule has 0 spiro atoms.